The average molecular weight is 283 g/mol. The zero-order valence-electron chi connectivity index (χ0n) is 8.56. The molecule has 1 aliphatic heterocycles. The second-order valence-electron chi connectivity index (χ2n) is 3.70. The lowest BCUT2D eigenvalue weighted by Gasteiger charge is -2.20. The van der Waals surface area contributed by atoms with Crippen LogP contribution in [0.1, 0.15) is 11.9 Å². The quantitative estimate of drug-likeness (QED) is 0.853. The Morgan fingerprint density at radius 2 is 2.44 bits per heavy atom. The highest BCUT2D eigenvalue weighted by atomic mass is 79.9. The molecular formula is C10H11BrN4O. The van der Waals surface area contributed by atoms with Crippen molar-refractivity contribution >= 4 is 21.6 Å². The Bertz CT molecular complexity index is 506. The number of hydrogen-bond acceptors (Lipinski definition) is 4. The van der Waals surface area contributed by atoms with E-state index in [1.54, 1.807) is 4.52 Å². The molecule has 1 saturated heterocycles. The molecule has 1 unspecified atom stereocenters. The first kappa shape index (κ1) is 10.2. The number of morpholine rings is 1. The summed E-state index contributed by atoms with van der Waals surface area (Å²) in [6.45, 7) is 2.25. The van der Waals surface area contributed by atoms with Gasteiger partial charge >= 0.3 is 0 Å². The van der Waals surface area contributed by atoms with E-state index in [-0.39, 0.29) is 6.04 Å². The molecule has 1 aliphatic rings. The molecule has 0 amide bonds. The maximum Gasteiger partial charge on any atom is 0.170 e. The van der Waals surface area contributed by atoms with Crippen molar-refractivity contribution in [2.24, 2.45) is 0 Å². The molecule has 1 fully saturated rings. The van der Waals surface area contributed by atoms with E-state index < -0.39 is 0 Å². The van der Waals surface area contributed by atoms with Gasteiger partial charge in [0.2, 0.25) is 0 Å². The maximum absolute atomic E-state index is 5.40. The number of ether oxygens (including phenoxy) is 1. The number of pyridine rings is 1. The van der Waals surface area contributed by atoms with Crippen LogP contribution in [-0.2, 0) is 4.74 Å². The van der Waals surface area contributed by atoms with Gasteiger partial charge in [-0.3, -0.25) is 0 Å². The van der Waals surface area contributed by atoms with E-state index >= 15 is 0 Å². The second-order valence-corrected chi connectivity index (χ2v) is 4.62. The van der Waals surface area contributed by atoms with E-state index in [0.717, 1.165) is 29.1 Å². The van der Waals surface area contributed by atoms with Gasteiger partial charge in [0, 0.05) is 17.2 Å². The molecule has 3 heterocycles. The molecule has 0 aromatic carbocycles. The van der Waals surface area contributed by atoms with Crippen LogP contribution in [0.25, 0.3) is 5.65 Å². The van der Waals surface area contributed by atoms with Gasteiger partial charge in [0.1, 0.15) is 0 Å². The largest absolute Gasteiger partial charge is 0.378 e. The summed E-state index contributed by atoms with van der Waals surface area (Å²) in [7, 11) is 0. The van der Waals surface area contributed by atoms with Crippen molar-refractivity contribution in [3.05, 3.63) is 28.6 Å². The number of hydrogen-bond donors (Lipinski definition) is 1. The van der Waals surface area contributed by atoms with Crippen molar-refractivity contribution in [2.75, 3.05) is 19.8 Å². The minimum Gasteiger partial charge on any atom is -0.378 e. The summed E-state index contributed by atoms with van der Waals surface area (Å²) in [6.07, 6.45) is 1.90. The number of aromatic nitrogens is 3. The zero-order valence-corrected chi connectivity index (χ0v) is 10.1. The molecule has 2 aromatic rings. The van der Waals surface area contributed by atoms with E-state index in [2.05, 4.69) is 31.3 Å². The molecular weight excluding hydrogens is 272 g/mol. The molecule has 84 valence electrons. The third-order valence-electron chi connectivity index (χ3n) is 2.54. The van der Waals surface area contributed by atoms with E-state index in [4.69, 9.17) is 4.74 Å². The third-order valence-corrected chi connectivity index (χ3v) is 3.01. The van der Waals surface area contributed by atoms with E-state index in [1.807, 2.05) is 18.3 Å². The number of fused-ring (bicyclic) bond motifs is 1. The Morgan fingerprint density at radius 1 is 1.50 bits per heavy atom. The minimum absolute atomic E-state index is 0.104. The van der Waals surface area contributed by atoms with Crippen molar-refractivity contribution in [3.8, 4) is 0 Å². The topological polar surface area (TPSA) is 51.5 Å². The van der Waals surface area contributed by atoms with E-state index in [1.165, 1.54) is 0 Å². The molecule has 0 radical (unpaired) electrons. The normalized spacial score (nSPS) is 21.4. The molecule has 0 aliphatic carbocycles. The molecule has 0 spiro atoms. The fraction of sp³-hybridized carbons (Fsp3) is 0.400. The molecule has 6 heteroatoms. The first-order valence-electron chi connectivity index (χ1n) is 5.16. The number of nitrogens with zero attached hydrogens (tertiary/aromatic N) is 3. The Morgan fingerprint density at radius 3 is 3.25 bits per heavy atom. The molecule has 2 aromatic heterocycles. The molecule has 0 bridgehead atoms. The molecule has 16 heavy (non-hydrogen) atoms. The Balaban J connectivity index is 1.97. The lowest BCUT2D eigenvalue weighted by molar-refractivity contribution is 0.0743. The highest BCUT2D eigenvalue weighted by Gasteiger charge is 2.19. The van der Waals surface area contributed by atoms with Gasteiger partial charge in [0.15, 0.2) is 11.5 Å². The van der Waals surface area contributed by atoms with Crippen LogP contribution in [0.3, 0.4) is 0 Å². The number of halogens is 1. The monoisotopic (exact) mass is 282 g/mol. The lowest BCUT2D eigenvalue weighted by Crippen LogP contribution is -2.35. The summed E-state index contributed by atoms with van der Waals surface area (Å²) < 4.78 is 8.16. The molecule has 3 rings (SSSR count). The smallest absolute Gasteiger partial charge is 0.170 e. The molecule has 0 saturated carbocycles. The van der Waals surface area contributed by atoms with Gasteiger partial charge in [-0.2, -0.15) is 0 Å². The maximum atomic E-state index is 5.40. The van der Waals surface area contributed by atoms with E-state index in [9.17, 15) is 0 Å². The third kappa shape index (κ3) is 1.83. The fourth-order valence-electron chi connectivity index (χ4n) is 1.75. The molecule has 5 nitrogen and oxygen atoms in total. The van der Waals surface area contributed by atoms with Crippen LogP contribution in [0.2, 0.25) is 0 Å². The SMILES string of the molecule is Brc1ccc2nc(C3COCCN3)nn2c1. The summed E-state index contributed by atoms with van der Waals surface area (Å²) in [5.74, 6) is 0.790. The predicted octanol–water partition coefficient (Wildman–Crippen LogP) is 1.15. The van der Waals surface area contributed by atoms with Crippen LogP contribution in [0.5, 0.6) is 0 Å². The van der Waals surface area contributed by atoms with Gasteiger partial charge in [0.25, 0.3) is 0 Å². The second kappa shape index (κ2) is 4.12. The van der Waals surface area contributed by atoms with Crippen LogP contribution in [0, 0.1) is 0 Å². The minimum atomic E-state index is 0.104. The highest BCUT2D eigenvalue weighted by Crippen LogP contribution is 2.15. The van der Waals surface area contributed by atoms with Gasteiger partial charge in [-0.25, -0.2) is 9.50 Å². The van der Waals surface area contributed by atoms with Gasteiger partial charge in [-0.05, 0) is 28.1 Å². The summed E-state index contributed by atoms with van der Waals surface area (Å²) in [4.78, 5) is 4.47. The van der Waals surface area contributed by atoms with Gasteiger partial charge in [-0.15, -0.1) is 5.10 Å². The van der Waals surface area contributed by atoms with Crippen LogP contribution in [-0.4, -0.2) is 34.4 Å². The van der Waals surface area contributed by atoms with Crippen molar-refractivity contribution < 1.29 is 4.74 Å². The summed E-state index contributed by atoms with van der Waals surface area (Å²) in [6, 6.07) is 4.00. The average Bonchev–Trinajstić information content (AvgIpc) is 2.73. The standard InChI is InChI=1S/C10H11BrN4O/c11-7-1-2-9-13-10(14-15(9)5-7)8-6-16-4-3-12-8/h1-2,5,8,12H,3-4,6H2. The number of rotatable bonds is 1. The first-order valence-corrected chi connectivity index (χ1v) is 5.95. The van der Waals surface area contributed by atoms with Gasteiger partial charge in [-0.1, -0.05) is 0 Å². The zero-order chi connectivity index (χ0) is 11.0. The van der Waals surface area contributed by atoms with Crippen molar-refractivity contribution in [2.45, 2.75) is 6.04 Å². The van der Waals surface area contributed by atoms with E-state index in [0.29, 0.717) is 6.61 Å². The van der Waals surface area contributed by atoms with Crippen LogP contribution >= 0.6 is 15.9 Å². The van der Waals surface area contributed by atoms with Gasteiger partial charge in [0.05, 0.1) is 19.3 Å². The van der Waals surface area contributed by atoms with Crippen LogP contribution in [0.4, 0.5) is 0 Å². The Kier molecular flexibility index (Phi) is 2.62. The number of nitrogens with one attached hydrogen (secondary N) is 1. The van der Waals surface area contributed by atoms with Gasteiger partial charge < -0.3 is 10.1 Å². The van der Waals surface area contributed by atoms with Crippen LogP contribution < -0.4 is 5.32 Å². The Hall–Kier alpha value is -0.980. The summed E-state index contributed by atoms with van der Waals surface area (Å²) in [5, 5.41) is 7.77. The van der Waals surface area contributed by atoms with Crippen molar-refractivity contribution in [1.29, 1.82) is 0 Å². The molecule has 1 atom stereocenters. The molecule has 1 N–H and O–H groups in total. The van der Waals surface area contributed by atoms with Crippen molar-refractivity contribution in [1.82, 2.24) is 19.9 Å². The predicted molar refractivity (Wildman–Crippen MR) is 62.2 cm³/mol. The first-order chi connectivity index (χ1) is 7.83. The summed E-state index contributed by atoms with van der Waals surface area (Å²) in [5.41, 5.74) is 0.852. The Labute approximate surface area is 101 Å². The van der Waals surface area contributed by atoms with Crippen molar-refractivity contribution in [3.63, 3.8) is 0 Å². The lowest BCUT2D eigenvalue weighted by atomic mass is 10.3. The fourth-order valence-corrected chi connectivity index (χ4v) is 2.08. The summed E-state index contributed by atoms with van der Waals surface area (Å²) >= 11 is 3.41. The van der Waals surface area contributed by atoms with Crippen LogP contribution in [0.15, 0.2) is 22.8 Å². The highest BCUT2D eigenvalue weighted by molar-refractivity contribution is 9.10.